The smallest absolute Gasteiger partial charge is 0.147 e. The number of nitrogens with two attached hydrogens (primary N) is 1. The third-order valence-corrected chi connectivity index (χ3v) is 4.01. The summed E-state index contributed by atoms with van der Waals surface area (Å²) in [6, 6.07) is 4.80. The van der Waals surface area contributed by atoms with Gasteiger partial charge < -0.3 is 10.6 Å². The number of amidine groups is 1. The first-order chi connectivity index (χ1) is 8.79. The molecule has 1 aliphatic rings. The number of nitrogens with one attached hydrogen (secondary N) is 1. The lowest BCUT2D eigenvalue weighted by molar-refractivity contribution is 0.263. The number of nitrogen functional groups attached to an aromatic ring is 1. The van der Waals surface area contributed by atoms with Gasteiger partial charge in [-0.2, -0.15) is 0 Å². The van der Waals surface area contributed by atoms with E-state index in [2.05, 4.69) is 25.7 Å². The summed E-state index contributed by atoms with van der Waals surface area (Å²) >= 11 is 0. The minimum Gasteiger partial charge on any atom is -0.384 e. The topological polar surface area (TPSA) is 53.1 Å². The van der Waals surface area contributed by atoms with Gasteiger partial charge in [0, 0.05) is 18.7 Å². The van der Waals surface area contributed by atoms with Gasteiger partial charge in [-0.05, 0) is 36.0 Å². The summed E-state index contributed by atoms with van der Waals surface area (Å²) in [4.78, 5) is 2.09. The van der Waals surface area contributed by atoms with Crippen LogP contribution in [-0.2, 0) is 0 Å². The predicted molar refractivity (Wildman–Crippen MR) is 77.2 cm³/mol. The van der Waals surface area contributed by atoms with E-state index in [0.717, 1.165) is 19.5 Å². The zero-order valence-electron chi connectivity index (χ0n) is 11.8. The van der Waals surface area contributed by atoms with Crippen LogP contribution in [0.4, 0.5) is 10.1 Å². The Bertz CT molecular complexity index is 491. The van der Waals surface area contributed by atoms with Gasteiger partial charge in [-0.1, -0.05) is 20.8 Å². The maximum Gasteiger partial charge on any atom is 0.147 e. The van der Waals surface area contributed by atoms with E-state index >= 15 is 0 Å². The van der Waals surface area contributed by atoms with Crippen molar-refractivity contribution in [2.24, 2.45) is 17.1 Å². The van der Waals surface area contributed by atoms with Crippen LogP contribution in [0.15, 0.2) is 18.2 Å². The fourth-order valence-corrected chi connectivity index (χ4v) is 2.62. The summed E-state index contributed by atoms with van der Waals surface area (Å²) < 4.78 is 14.1. The third kappa shape index (κ3) is 2.88. The molecule has 0 bridgehead atoms. The molecule has 0 spiro atoms. The van der Waals surface area contributed by atoms with Crippen molar-refractivity contribution in [1.29, 1.82) is 5.41 Å². The standard InChI is InChI=1S/C15H22FN3/c1-15(2,3)11-6-7-19(9-11)13-5-4-10(14(17)18)8-12(13)16/h4-5,8,11H,6-7,9H2,1-3H3,(H3,17,18). The average molecular weight is 263 g/mol. The lowest BCUT2D eigenvalue weighted by atomic mass is 9.80. The number of hydrogen-bond donors (Lipinski definition) is 2. The van der Waals surface area contributed by atoms with Crippen LogP contribution in [0.2, 0.25) is 0 Å². The highest BCUT2D eigenvalue weighted by molar-refractivity contribution is 5.95. The van der Waals surface area contributed by atoms with Crippen molar-refractivity contribution in [3.05, 3.63) is 29.6 Å². The summed E-state index contributed by atoms with van der Waals surface area (Å²) in [5.74, 6) is 0.195. The first-order valence-electron chi connectivity index (χ1n) is 6.68. The van der Waals surface area contributed by atoms with Gasteiger partial charge in [0.2, 0.25) is 0 Å². The second kappa shape index (κ2) is 4.83. The molecule has 4 heteroatoms. The highest BCUT2D eigenvalue weighted by atomic mass is 19.1. The molecule has 2 rings (SSSR count). The SMILES string of the molecule is CC(C)(C)C1CCN(c2ccc(C(=N)N)cc2F)C1. The zero-order chi connectivity index (χ0) is 14.2. The molecule has 104 valence electrons. The van der Waals surface area contributed by atoms with E-state index in [1.54, 1.807) is 12.1 Å². The predicted octanol–water partition coefficient (Wildman–Crippen LogP) is 2.98. The molecule has 0 aromatic heterocycles. The molecule has 0 amide bonds. The van der Waals surface area contributed by atoms with Crippen LogP contribution in [0.1, 0.15) is 32.8 Å². The molecular formula is C15H22FN3. The van der Waals surface area contributed by atoms with Gasteiger partial charge in [-0.25, -0.2) is 4.39 Å². The van der Waals surface area contributed by atoms with E-state index in [1.165, 1.54) is 6.07 Å². The molecule has 1 fully saturated rings. The maximum atomic E-state index is 14.1. The van der Waals surface area contributed by atoms with Crippen molar-refractivity contribution in [2.75, 3.05) is 18.0 Å². The Morgan fingerprint density at radius 1 is 1.42 bits per heavy atom. The Morgan fingerprint density at radius 3 is 2.58 bits per heavy atom. The van der Waals surface area contributed by atoms with Crippen molar-refractivity contribution in [3.63, 3.8) is 0 Å². The van der Waals surface area contributed by atoms with E-state index in [1.807, 2.05) is 0 Å². The van der Waals surface area contributed by atoms with Gasteiger partial charge in [0.1, 0.15) is 11.7 Å². The van der Waals surface area contributed by atoms with E-state index in [4.69, 9.17) is 11.1 Å². The quantitative estimate of drug-likeness (QED) is 0.636. The second-order valence-electron chi connectivity index (χ2n) is 6.38. The van der Waals surface area contributed by atoms with Crippen LogP contribution in [0.5, 0.6) is 0 Å². The molecule has 1 saturated heterocycles. The Morgan fingerprint density at radius 2 is 2.11 bits per heavy atom. The Labute approximate surface area is 114 Å². The molecule has 3 nitrogen and oxygen atoms in total. The van der Waals surface area contributed by atoms with Crippen LogP contribution >= 0.6 is 0 Å². The number of nitrogens with zero attached hydrogens (tertiary/aromatic N) is 1. The van der Waals surface area contributed by atoms with E-state index in [-0.39, 0.29) is 17.1 Å². The normalized spacial score (nSPS) is 19.8. The van der Waals surface area contributed by atoms with Crippen molar-refractivity contribution in [1.82, 2.24) is 0 Å². The van der Waals surface area contributed by atoms with E-state index in [0.29, 0.717) is 17.2 Å². The molecule has 0 saturated carbocycles. The molecule has 0 radical (unpaired) electrons. The molecule has 1 aromatic carbocycles. The molecule has 19 heavy (non-hydrogen) atoms. The highest BCUT2D eigenvalue weighted by Crippen LogP contribution is 2.36. The lowest BCUT2D eigenvalue weighted by Gasteiger charge is -2.27. The van der Waals surface area contributed by atoms with E-state index < -0.39 is 0 Å². The van der Waals surface area contributed by atoms with Crippen LogP contribution in [-0.4, -0.2) is 18.9 Å². The van der Waals surface area contributed by atoms with Crippen LogP contribution < -0.4 is 10.6 Å². The molecule has 1 heterocycles. The monoisotopic (exact) mass is 263 g/mol. The van der Waals surface area contributed by atoms with Gasteiger partial charge in [0.05, 0.1) is 5.69 Å². The number of halogens is 1. The average Bonchev–Trinajstić information content (AvgIpc) is 2.77. The van der Waals surface area contributed by atoms with Crippen molar-refractivity contribution in [2.45, 2.75) is 27.2 Å². The second-order valence-corrected chi connectivity index (χ2v) is 6.38. The van der Waals surface area contributed by atoms with E-state index in [9.17, 15) is 4.39 Å². The molecule has 1 unspecified atom stereocenters. The molecule has 1 aliphatic heterocycles. The molecule has 1 atom stereocenters. The molecule has 3 N–H and O–H groups in total. The number of anilines is 1. The van der Waals surface area contributed by atoms with Crippen LogP contribution in [0.3, 0.4) is 0 Å². The fourth-order valence-electron chi connectivity index (χ4n) is 2.62. The van der Waals surface area contributed by atoms with Crippen molar-refractivity contribution in [3.8, 4) is 0 Å². The molecular weight excluding hydrogens is 241 g/mol. The minimum atomic E-state index is -0.290. The van der Waals surface area contributed by atoms with Gasteiger partial charge in [-0.15, -0.1) is 0 Å². The Kier molecular flexibility index (Phi) is 3.52. The number of rotatable bonds is 2. The maximum absolute atomic E-state index is 14.1. The van der Waals surface area contributed by atoms with Gasteiger partial charge >= 0.3 is 0 Å². The minimum absolute atomic E-state index is 0.0977. The van der Waals surface area contributed by atoms with Crippen molar-refractivity contribution < 1.29 is 4.39 Å². The van der Waals surface area contributed by atoms with Crippen molar-refractivity contribution >= 4 is 11.5 Å². The molecule has 1 aromatic rings. The van der Waals surface area contributed by atoms with Crippen LogP contribution in [0.25, 0.3) is 0 Å². The fraction of sp³-hybridized carbons (Fsp3) is 0.533. The van der Waals surface area contributed by atoms with Gasteiger partial charge in [-0.3, -0.25) is 5.41 Å². The Hall–Kier alpha value is -1.58. The Balaban J connectivity index is 2.18. The van der Waals surface area contributed by atoms with Gasteiger partial charge in [0.15, 0.2) is 0 Å². The zero-order valence-corrected chi connectivity index (χ0v) is 11.8. The number of hydrogen-bond acceptors (Lipinski definition) is 2. The largest absolute Gasteiger partial charge is 0.384 e. The first kappa shape index (κ1) is 13.8. The summed E-state index contributed by atoms with van der Waals surface area (Å²) in [5.41, 5.74) is 6.68. The first-order valence-corrected chi connectivity index (χ1v) is 6.68. The summed E-state index contributed by atoms with van der Waals surface area (Å²) in [5, 5.41) is 7.32. The summed E-state index contributed by atoms with van der Waals surface area (Å²) in [6.07, 6.45) is 1.09. The lowest BCUT2D eigenvalue weighted by Crippen LogP contribution is -2.26. The number of benzene rings is 1. The highest BCUT2D eigenvalue weighted by Gasteiger charge is 2.32. The molecule has 0 aliphatic carbocycles. The van der Waals surface area contributed by atoms with Gasteiger partial charge in [0.25, 0.3) is 0 Å². The third-order valence-electron chi connectivity index (χ3n) is 4.01. The van der Waals surface area contributed by atoms with Crippen LogP contribution in [0, 0.1) is 22.6 Å². The summed E-state index contributed by atoms with van der Waals surface area (Å²) in [6.45, 7) is 8.47. The summed E-state index contributed by atoms with van der Waals surface area (Å²) in [7, 11) is 0.